The zero-order valence-corrected chi connectivity index (χ0v) is 11.9. The molecule has 1 rings (SSSR count). The number of carbonyl (C=O) groups is 2. The van der Waals surface area contributed by atoms with Crippen LogP contribution in [0, 0.1) is 0 Å². The lowest BCUT2D eigenvalue weighted by Crippen LogP contribution is -2.41. The van der Waals surface area contributed by atoms with Crippen molar-refractivity contribution >= 4 is 18.0 Å². The molecule has 0 saturated heterocycles. The van der Waals surface area contributed by atoms with Gasteiger partial charge in [-0.2, -0.15) is 5.10 Å². The molecule has 0 radical (unpaired) electrons. The van der Waals surface area contributed by atoms with E-state index in [0.29, 0.717) is 13.1 Å². The Balaban J connectivity index is 2.55. The molecular formula is C14H19N3O3. The Morgan fingerprint density at radius 2 is 1.85 bits per heavy atom. The molecule has 0 aliphatic heterocycles. The quantitative estimate of drug-likeness (QED) is 0.496. The van der Waals surface area contributed by atoms with Crippen LogP contribution in [0.1, 0.15) is 19.4 Å². The summed E-state index contributed by atoms with van der Waals surface area (Å²) in [5.74, 6) is -0.580. The molecule has 1 N–H and O–H groups in total. The standard InChI is InChI=1S/C14H19N3O3/c1-4-17(5-2)14(19)13(18)16-15-10-11-6-8-12(20-3)9-7-11/h6-10H,4-5H2,1-3H3,(H,16,18)/b15-10-. The van der Waals surface area contributed by atoms with Gasteiger partial charge in [-0.3, -0.25) is 9.59 Å². The van der Waals surface area contributed by atoms with Crippen LogP contribution in [0.3, 0.4) is 0 Å². The van der Waals surface area contributed by atoms with E-state index in [-0.39, 0.29) is 0 Å². The van der Waals surface area contributed by atoms with E-state index in [2.05, 4.69) is 10.5 Å². The molecule has 6 heteroatoms. The summed E-state index contributed by atoms with van der Waals surface area (Å²) in [4.78, 5) is 24.6. The normalized spacial score (nSPS) is 10.3. The van der Waals surface area contributed by atoms with Gasteiger partial charge in [-0.25, -0.2) is 5.43 Å². The summed E-state index contributed by atoms with van der Waals surface area (Å²) in [6.07, 6.45) is 1.47. The molecule has 0 aliphatic rings. The fourth-order valence-electron chi connectivity index (χ4n) is 1.56. The van der Waals surface area contributed by atoms with E-state index < -0.39 is 11.8 Å². The second kappa shape index (κ2) is 7.93. The molecule has 0 bridgehead atoms. The number of rotatable bonds is 5. The SMILES string of the molecule is CCN(CC)C(=O)C(=O)N/N=C\c1ccc(OC)cc1. The molecule has 108 valence electrons. The maximum atomic E-state index is 11.7. The average molecular weight is 277 g/mol. The van der Waals surface area contributed by atoms with Crippen molar-refractivity contribution < 1.29 is 14.3 Å². The lowest BCUT2D eigenvalue weighted by molar-refractivity contribution is -0.145. The van der Waals surface area contributed by atoms with Gasteiger partial charge in [0.2, 0.25) is 0 Å². The first-order chi connectivity index (χ1) is 9.62. The molecule has 0 aliphatic carbocycles. The number of amides is 2. The van der Waals surface area contributed by atoms with Crippen molar-refractivity contribution in [2.75, 3.05) is 20.2 Å². The summed E-state index contributed by atoms with van der Waals surface area (Å²) in [5.41, 5.74) is 3.01. The van der Waals surface area contributed by atoms with E-state index in [1.54, 1.807) is 31.4 Å². The number of nitrogens with one attached hydrogen (secondary N) is 1. The van der Waals surface area contributed by atoms with Crippen LogP contribution in [0.4, 0.5) is 0 Å². The fourth-order valence-corrected chi connectivity index (χ4v) is 1.56. The maximum absolute atomic E-state index is 11.7. The topological polar surface area (TPSA) is 71.0 Å². The molecule has 0 saturated carbocycles. The van der Waals surface area contributed by atoms with E-state index in [1.165, 1.54) is 11.1 Å². The molecular weight excluding hydrogens is 258 g/mol. The Bertz CT molecular complexity index is 479. The van der Waals surface area contributed by atoms with Crippen molar-refractivity contribution in [2.24, 2.45) is 5.10 Å². The van der Waals surface area contributed by atoms with Gasteiger partial charge < -0.3 is 9.64 Å². The monoisotopic (exact) mass is 277 g/mol. The molecule has 1 aromatic rings. The first-order valence-corrected chi connectivity index (χ1v) is 6.38. The Morgan fingerprint density at radius 1 is 1.25 bits per heavy atom. The first-order valence-electron chi connectivity index (χ1n) is 6.38. The average Bonchev–Trinajstić information content (AvgIpc) is 2.49. The summed E-state index contributed by atoms with van der Waals surface area (Å²) in [6, 6.07) is 7.15. The Kier molecular flexibility index (Phi) is 6.22. The second-order valence-electron chi connectivity index (χ2n) is 3.95. The van der Waals surface area contributed by atoms with E-state index in [4.69, 9.17) is 4.74 Å². The van der Waals surface area contributed by atoms with Gasteiger partial charge in [0, 0.05) is 13.1 Å². The van der Waals surface area contributed by atoms with E-state index in [1.807, 2.05) is 13.8 Å². The number of benzene rings is 1. The third-order valence-corrected chi connectivity index (χ3v) is 2.74. The third kappa shape index (κ3) is 4.38. The van der Waals surface area contributed by atoms with Crippen LogP contribution in [-0.2, 0) is 9.59 Å². The van der Waals surface area contributed by atoms with Crippen molar-refractivity contribution in [2.45, 2.75) is 13.8 Å². The van der Waals surface area contributed by atoms with Crippen molar-refractivity contribution in [3.8, 4) is 5.75 Å². The molecule has 0 heterocycles. The van der Waals surface area contributed by atoms with Crippen LogP contribution in [0.2, 0.25) is 0 Å². The summed E-state index contributed by atoms with van der Waals surface area (Å²) < 4.78 is 5.03. The number of hydrogen-bond acceptors (Lipinski definition) is 4. The predicted octanol–water partition coefficient (Wildman–Crippen LogP) is 1.01. The largest absolute Gasteiger partial charge is 0.497 e. The minimum absolute atomic E-state index is 0.491. The minimum Gasteiger partial charge on any atom is -0.497 e. The third-order valence-electron chi connectivity index (χ3n) is 2.74. The van der Waals surface area contributed by atoms with Gasteiger partial charge in [0.25, 0.3) is 0 Å². The number of methoxy groups -OCH3 is 1. The van der Waals surface area contributed by atoms with Crippen LogP contribution >= 0.6 is 0 Å². The molecule has 6 nitrogen and oxygen atoms in total. The lowest BCUT2D eigenvalue weighted by Gasteiger charge is -2.16. The van der Waals surface area contributed by atoms with Gasteiger partial charge in [0.05, 0.1) is 13.3 Å². The smallest absolute Gasteiger partial charge is 0.329 e. The molecule has 0 aromatic heterocycles. The second-order valence-corrected chi connectivity index (χ2v) is 3.95. The number of nitrogens with zero attached hydrogens (tertiary/aromatic N) is 2. The number of hydrazone groups is 1. The van der Waals surface area contributed by atoms with Crippen molar-refractivity contribution in [3.63, 3.8) is 0 Å². The van der Waals surface area contributed by atoms with E-state index in [0.717, 1.165) is 11.3 Å². The number of carbonyl (C=O) groups excluding carboxylic acids is 2. The summed E-state index contributed by atoms with van der Waals surface area (Å²) >= 11 is 0. The molecule has 1 aromatic carbocycles. The Labute approximate surface area is 118 Å². The summed E-state index contributed by atoms with van der Waals surface area (Å²) in [5, 5.41) is 3.76. The Hall–Kier alpha value is -2.37. The highest BCUT2D eigenvalue weighted by atomic mass is 16.5. The van der Waals surface area contributed by atoms with Gasteiger partial charge in [0.15, 0.2) is 0 Å². The molecule has 20 heavy (non-hydrogen) atoms. The minimum atomic E-state index is -0.738. The van der Waals surface area contributed by atoms with Gasteiger partial charge in [0.1, 0.15) is 5.75 Å². The molecule has 2 amide bonds. The van der Waals surface area contributed by atoms with Gasteiger partial charge in [-0.1, -0.05) is 0 Å². The van der Waals surface area contributed by atoms with Crippen LogP contribution in [0.15, 0.2) is 29.4 Å². The number of hydrogen-bond donors (Lipinski definition) is 1. The first kappa shape index (κ1) is 15.7. The summed E-state index contributed by atoms with van der Waals surface area (Å²) in [6.45, 7) is 4.61. The highest BCUT2D eigenvalue weighted by molar-refractivity contribution is 6.34. The molecule has 0 atom stereocenters. The van der Waals surface area contributed by atoms with Crippen molar-refractivity contribution in [3.05, 3.63) is 29.8 Å². The predicted molar refractivity (Wildman–Crippen MR) is 76.7 cm³/mol. The zero-order valence-electron chi connectivity index (χ0n) is 11.9. The lowest BCUT2D eigenvalue weighted by atomic mass is 10.2. The highest BCUT2D eigenvalue weighted by Crippen LogP contribution is 2.09. The van der Waals surface area contributed by atoms with Gasteiger partial charge >= 0.3 is 11.8 Å². The van der Waals surface area contributed by atoms with Crippen LogP contribution < -0.4 is 10.2 Å². The number of ether oxygens (including phenoxy) is 1. The van der Waals surface area contributed by atoms with Crippen LogP contribution in [-0.4, -0.2) is 43.1 Å². The zero-order chi connectivity index (χ0) is 15.0. The van der Waals surface area contributed by atoms with E-state index >= 15 is 0 Å². The Morgan fingerprint density at radius 3 is 2.35 bits per heavy atom. The van der Waals surface area contributed by atoms with Crippen molar-refractivity contribution in [1.29, 1.82) is 0 Å². The molecule has 0 spiro atoms. The summed E-state index contributed by atoms with van der Waals surface area (Å²) in [7, 11) is 1.59. The van der Waals surface area contributed by atoms with Crippen LogP contribution in [0.5, 0.6) is 5.75 Å². The maximum Gasteiger partial charge on any atom is 0.329 e. The molecule has 0 fully saturated rings. The van der Waals surface area contributed by atoms with Gasteiger partial charge in [-0.05, 0) is 43.7 Å². The highest BCUT2D eigenvalue weighted by Gasteiger charge is 2.18. The van der Waals surface area contributed by atoms with Crippen molar-refractivity contribution in [1.82, 2.24) is 10.3 Å². The fraction of sp³-hybridized carbons (Fsp3) is 0.357. The number of likely N-dealkylation sites (N-methyl/N-ethyl adjacent to an activating group) is 1. The van der Waals surface area contributed by atoms with E-state index in [9.17, 15) is 9.59 Å². The van der Waals surface area contributed by atoms with Crippen LogP contribution in [0.25, 0.3) is 0 Å². The molecule has 0 unspecified atom stereocenters. The van der Waals surface area contributed by atoms with Gasteiger partial charge in [-0.15, -0.1) is 0 Å².